The van der Waals surface area contributed by atoms with E-state index in [1.807, 2.05) is 0 Å². The van der Waals surface area contributed by atoms with E-state index in [-0.39, 0.29) is 11.6 Å². The van der Waals surface area contributed by atoms with Gasteiger partial charge in [0.1, 0.15) is 5.75 Å². The maximum Gasteiger partial charge on any atom is 0.275 e. The molecule has 1 amide bonds. The van der Waals surface area contributed by atoms with Gasteiger partial charge in [0.05, 0.1) is 23.8 Å². The number of carbonyl (C=O) groups is 1. The number of rotatable bonds is 3. The number of ether oxygens (including phenoxy) is 1. The summed E-state index contributed by atoms with van der Waals surface area (Å²) in [5, 5.41) is 13.0. The first kappa shape index (κ1) is 11.0. The molecule has 6 nitrogen and oxygen atoms in total. The van der Waals surface area contributed by atoms with Gasteiger partial charge in [-0.1, -0.05) is 0 Å². The zero-order valence-corrected chi connectivity index (χ0v) is 8.31. The van der Waals surface area contributed by atoms with Crippen molar-refractivity contribution in [2.24, 2.45) is 0 Å². The molecule has 0 heterocycles. The molecular formula is C9H10N2O4. The van der Waals surface area contributed by atoms with Gasteiger partial charge in [0.15, 0.2) is 0 Å². The number of nitro groups is 1. The molecule has 0 saturated carbocycles. The minimum absolute atomic E-state index is 0.127. The Kier molecular flexibility index (Phi) is 3.22. The number of carbonyl (C=O) groups excluding carboxylic acids is 1. The Morgan fingerprint density at radius 3 is 2.60 bits per heavy atom. The van der Waals surface area contributed by atoms with Crippen LogP contribution in [0.4, 0.5) is 11.4 Å². The van der Waals surface area contributed by atoms with Crippen LogP contribution in [-0.4, -0.2) is 17.9 Å². The molecule has 0 aliphatic heterocycles. The van der Waals surface area contributed by atoms with E-state index in [2.05, 4.69) is 5.32 Å². The van der Waals surface area contributed by atoms with Crippen molar-refractivity contribution >= 4 is 17.3 Å². The third kappa shape index (κ3) is 2.94. The molecule has 1 aromatic rings. The number of nitrogens with one attached hydrogen (secondary N) is 1. The highest BCUT2D eigenvalue weighted by Gasteiger charge is 2.10. The monoisotopic (exact) mass is 210 g/mol. The van der Waals surface area contributed by atoms with Crippen molar-refractivity contribution in [2.45, 2.75) is 6.92 Å². The Balaban J connectivity index is 3.11. The van der Waals surface area contributed by atoms with Crippen LogP contribution >= 0.6 is 0 Å². The molecule has 0 fully saturated rings. The largest absolute Gasteiger partial charge is 0.496 e. The molecule has 0 saturated heterocycles. The molecule has 80 valence electrons. The second-order valence-corrected chi connectivity index (χ2v) is 2.86. The minimum Gasteiger partial charge on any atom is -0.496 e. The van der Waals surface area contributed by atoms with Gasteiger partial charge in [-0.3, -0.25) is 14.9 Å². The quantitative estimate of drug-likeness (QED) is 0.606. The molecule has 6 heteroatoms. The minimum atomic E-state index is -0.548. The predicted octanol–water partition coefficient (Wildman–Crippen LogP) is 1.56. The van der Waals surface area contributed by atoms with E-state index in [0.29, 0.717) is 11.4 Å². The van der Waals surface area contributed by atoms with E-state index in [4.69, 9.17) is 4.74 Å². The predicted molar refractivity (Wildman–Crippen MR) is 54.0 cm³/mol. The van der Waals surface area contributed by atoms with E-state index < -0.39 is 4.92 Å². The van der Waals surface area contributed by atoms with Gasteiger partial charge < -0.3 is 10.1 Å². The van der Waals surface area contributed by atoms with Crippen LogP contribution in [0.1, 0.15) is 6.92 Å². The standard InChI is InChI=1S/C9H10N2O4/c1-6(12)10-7-3-8(11(13)14)5-9(4-7)15-2/h3-5H,1-2H3,(H,10,12). The fraction of sp³-hybridized carbons (Fsp3) is 0.222. The molecule has 0 aliphatic rings. The lowest BCUT2D eigenvalue weighted by Gasteiger charge is -2.04. The normalized spacial score (nSPS) is 9.47. The smallest absolute Gasteiger partial charge is 0.275 e. The van der Waals surface area contributed by atoms with E-state index in [1.165, 1.54) is 32.2 Å². The van der Waals surface area contributed by atoms with Gasteiger partial charge in [0.25, 0.3) is 5.69 Å². The molecular weight excluding hydrogens is 200 g/mol. The van der Waals surface area contributed by atoms with Crippen LogP contribution in [0, 0.1) is 10.1 Å². The maximum atomic E-state index is 10.8. The highest BCUT2D eigenvalue weighted by molar-refractivity contribution is 5.89. The number of non-ortho nitro benzene ring substituents is 1. The number of hydrogen-bond donors (Lipinski definition) is 1. The summed E-state index contributed by atoms with van der Waals surface area (Å²) in [5.74, 6) is 0.0329. The first-order valence-electron chi connectivity index (χ1n) is 4.14. The summed E-state index contributed by atoms with van der Waals surface area (Å²) in [5.41, 5.74) is 0.214. The highest BCUT2D eigenvalue weighted by atomic mass is 16.6. The van der Waals surface area contributed by atoms with Crippen molar-refractivity contribution in [1.29, 1.82) is 0 Å². The average molecular weight is 210 g/mol. The summed E-state index contributed by atoms with van der Waals surface area (Å²) in [6, 6.07) is 4.06. The molecule has 0 atom stereocenters. The third-order valence-electron chi connectivity index (χ3n) is 1.66. The van der Waals surface area contributed by atoms with Gasteiger partial charge in [-0.05, 0) is 0 Å². The number of nitrogens with zero attached hydrogens (tertiary/aromatic N) is 1. The van der Waals surface area contributed by atoms with Crippen LogP contribution in [-0.2, 0) is 4.79 Å². The van der Waals surface area contributed by atoms with E-state index in [0.717, 1.165) is 0 Å². The van der Waals surface area contributed by atoms with Crippen LogP contribution in [0.2, 0.25) is 0 Å². The Morgan fingerprint density at radius 2 is 2.13 bits per heavy atom. The first-order chi connectivity index (χ1) is 7.02. The molecule has 1 aromatic carbocycles. The summed E-state index contributed by atoms with van der Waals surface area (Å²) in [7, 11) is 1.40. The topological polar surface area (TPSA) is 81.5 Å². The van der Waals surface area contributed by atoms with Crippen LogP contribution in [0.5, 0.6) is 5.75 Å². The Morgan fingerprint density at radius 1 is 1.47 bits per heavy atom. The molecule has 1 rings (SSSR count). The van der Waals surface area contributed by atoms with Crippen LogP contribution in [0.3, 0.4) is 0 Å². The molecule has 1 N–H and O–H groups in total. The van der Waals surface area contributed by atoms with Gasteiger partial charge in [-0.2, -0.15) is 0 Å². The van der Waals surface area contributed by atoms with Crippen LogP contribution in [0.25, 0.3) is 0 Å². The number of amides is 1. The first-order valence-corrected chi connectivity index (χ1v) is 4.14. The summed E-state index contributed by atoms with van der Waals surface area (Å²) in [6.45, 7) is 1.32. The van der Waals surface area contributed by atoms with Crippen molar-refractivity contribution < 1.29 is 14.5 Å². The fourth-order valence-electron chi connectivity index (χ4n) is 1.08. The van der Waals surface area contributed by atoms with Gasteiger partial charge in [-0.25, -0.2) is 0 Å². The lowest BCUT2D eigenvalue weighted by molar-refractivity contribution is -0.384. The SMILES string of the molecule is COc1cc(NC(C)=O)cc([N+](=O)[O-])c1. The number of methoxy groups -OCH3 is 1. The zero-order valence-electron chi connectivity index (χ0n) is 8.31. The molecule has 15 heavy (non-hydrogen) atoms. The summed E-state index contributed by atoms with van der Waals surface area (Å²) in [4.78, 5) is 20.8. The Bertz CT molecular complexity index is 403. The van der Waals surface area contributed by atoms with Crippen molar-refractivity contribution in [1.82, 2.24) is 0 Å². The molecule has 0 aromatic heterocycles. The maximum absolute atomic E-state index is 10.8. The van der Waals surface area contributed by atoms with Gasteiger partial charge >= 0.3 is 0 Å². The number of hydrogen-bond acceptors (Lipinski definition) is 4. The molecule has 0 bridgehead atoms. The second-order valence-electron chi connectivity index (χ2n) is 2.86. The van der Waals surface area contributed by atoms with Crippen molar-refractivity contribution in [2.75, 3.05) is 12.4 Å². The zero-order chi connectivity index (χ0) is 11.4. The summed E-state index contributed by atoms with van der Waals surface area (Å²) >= 11 is 0. The second kappa shape index (κ2) is 4.41. The van der Waals surface area contributed by atoms with E-state index in [9.17, 15) is 14.9 Å². The lowest BCUT2D eigenvalue weighted by Crippen LogP contribution is -2.06. The van der Waals surface area contributed by atoms with E-state index in [1.54, 1.807) is 0 Å². The molecule has 0 spiro atoms. The van der Waals surface area contributed by atoms with Crippen LogP contribution in [0.15, 0.2) is 18.2 Å². The van der Waals surface area contributed by atoms with Crippen LogP contribution < -0.4 is 10.1 Å². The molecule has 0 unspecified atom stereocenters. The van der Waals surface area contributed by atoms with Crippen molar-refractivity contribution in [3.63, 3.8) is 0 Å². The highest BCUT2D eigenvalue weighted by Crippen LogP contribution is 2.25. The molecule has 0 radical (unpaired) electrons. The van der Waals surface area contributed by atoms with Crippen molar-refractivity contribution in [3.05, 3.63) is 28.3 Å². The number of nitro benzene ring substituents is 1. The van der Waals surface area contributed by atoms with E-state index >= 15 is 0 Å². The fourth-order valence-corrected chi connectivity index (χ4v) is 1.08. The van der Waals surface area contributed by atoms with Crippen molar-refractivity contribution in [3.8, 4) is 5.75 Å². The Labute approximate surface area is 86.0 Å². The third-order valence-corrected chi connectivity index (χ3v) is 1.66. The van der Waals surface area contributed by atoms with Gasteiger partial charge in [0.2, 0.25) is 5.91 Å². The summed E-state index contributed by atoms with van der Waals surface area (Å²) < 4.78 is 4.87. The van der Waals surface area contributed by atoms with Gasteiger partial charge in [-0.15, -0.1) is 0 Å². The number of anilines is 1. The summed E-state index contributed by atoms with van der Waals surface area (Å²) in [6.07, 6.45) is 0. The van der Waals surface area contributed by atoms with Gasteiger partial charge in [0, 0.05) is 19.1 Å². The Hall–Kier alpha value is -2.11. The average Bonchev–Trinajstić information content (AvgIpc) is 2.16. The lowest BCUT2D eigenvalue weighted by atomic mass is 10.2. The molecule has 0 aliphatic carbocycles. The number of benzene rings is 1.